The van der Waals surface area contributed by atoms with Crippen LogP contribution in [0.2, 0.25) is 0 Å². The highest BCUT2D eigenvalue weighted by Gasteiger charge is 2.55. The van der Waals surface area contributed by atoms with Gasteiger partial charge in [-0.05, 0) is 45.0 Å². The fourth-order valence-corrected chi connectivity index (χ4v) is 2.39. The molecule has 1 aromatic heterocycles. The van der Waals surface area contributed by atoms with Crippen molar-refractivity contribution in [3.8, 4) is 0 Å². The van der Waals surface area contributed by atoms with Crippen LogP contribution in [0.3, 0.4) is 0 Å². The Bertz CT molecular complexity index is 765. The Morgan fingerprint density at radius 3 is 2.31 bits per heavy atom. The molecule has 138 valence electrons. The Morgan fingerprint density at radius 2 is 1.81 bits per heavy atom. The molecule has 8 heteroatoms. The predicted molar refractivity (Wildman–Crippen MR) is 92.6 cm³/mol. The second-order valence-electron chi connectivity index (χ2n) is 6.63. The molecule has 26 heavy (non-hydrogen) atoms. The topological polar surface area (TPSA) is 94.4 Å². The molecule has 0 fully saturated rings. The summed E-state index contributed by atoms with van der Waals surface area (Å²) in [5.41, 5.74) is -1.06. The molecular formula is C18H20FN3O4. The summed E-state index contributed by atoms with van der Waals surface area (Å²) in [5, 5.41) is 14.0. The standard InChI is InChI=1S/C18H20FN3O4/c1-17(2,3)26-16(23)21-15(14-11-7-8-12-20-14)18(19,22(24)25)13-9-5-4-6-10-13/h4-12,15H,1-3H3,(H,21,23). The molecule has 0 aliphatic rings. The van der Waals surface area contributed by atoms with Gasteiger partial charge in [-0.1, -0.05) is 24.3 Å². The Balaban J connectivity index is 2.51. The van der Waals surface area contributed by atoms with Crippen molar-refractivity contribution in [2.75, 3.05) is 0 Å². The first kappa shape index (κ1) is 19.3. The molecule has 1 aromatic carbocycles. The first-order valence-corrected chi connectivity index (χ1v) is 7.94. The summed E-state index contributed by atoms with van der Waals surface area (Å²) < 4.78 is 20.9. The number of nitrogens with one attached hydrogen (secondary N) is 1. The van der Waals surface area contributed by atoms with Crippen LogP contribution in [0.25, 0.3) is 0 Å². The zero-order valence-electron chi connectivity index (χ0n) is 14.7. The third-order valence-electron chi connectivity index (χ3n) is 3.47. The number of ether oxygens (including phenoxy) is 1. The Labute approximate surface area is 150 Å². The number of rotatable bonds is 5. The number of halogens is 1. The number of alkyl carbamates (subject to hydrolysis) is 1. The van der Waals surface area contributed by atoms with Gasteiger partial charge >= 0.3 is 11.9 Å². The molecule has 2 aromatic rings. The normalized spacial score (nSPS) is 14.8. The van der Waals surface area contributed by atoms with E-state index in [0.29, 0.717) is 0 Å². The number of alkyl halides is 1. The van der Waals surface area contributed by atoms with E-state index in [9.17, 15) is 14.9 Å². The smallest absolute Gasteiger partial charge is 0.410 e. The lowest BCUT2D eigenvalue weighted by Gasteiger charge is -2.28. The summed E-state index contributed by atoms with van der Waals surface area (Å²) in [4.78, 5) is 26.8. The van der Waals surface area contributed by atoms with Crippen LogP contribution >= 0.6 is 0 Å². The zero-order chi connectivity index (χ0) is 19.4. The summed E-state index contributed by atoms with van der Waals surface area (Å²) >= 11 is 0. The molecular weight excluding hydrogens is 341 g/mol. The number of amides is 1. The molecule has 0 aliphatic carbocycles. The first-order chi connectivity index (χ1) is 12.1. The molecule has 0 saturated carbocycles. The summed E-state index contributed by atoms with van der Waals surface area (Å²) in [6.45, 7) is 4.90. The number of pyridine rings is 1. The maximum Gasteiger partial charge on any atom is 0.410 e. The minimum absolute atomic E-state index is 0.00131. The van der Waals surface area contributed by atoms with Gasteiger partial charge in [0, 0.05) is 6.20 Å². The van der Waals surface area contributed by atoms with E-state index in [-0.39, 0.29) is 11.3 Å². The number of carbonyl (C=O) groups is 1. The highest BCUT2D eigenvalue weighted by atomic mass is 19.1. The lowest BCUT2D eigenvalue weighted by Crippen LogP contribution is -2.47. The molecule has 2 atom stereocenters. The molecule has 1 N–H and O–H groups in total. The number of aromatic nitrogens is 1. The third-order valence-corrected chi connectivity index (χ3v) is 3.47. The van der Waals surface area contributed by atoms with Crippen molar-refractivity contribution in [2.45, 2.75) is 38.2 Å². The largest absolute Gasteiger partial charge is 0.444 e. The lowest BCUT2D eigenvalue weighted by atomic mass is 9.94. The highest BCUT2D eigenvalue weighted by molar-refractivity contribution is 5.68. The zero-order valence-corrected chi connectivity index (χ0v) is 14.7. The van der Waals surface area contributed by atoms with Crippen LogP contribution in [0.1, 0.15) is 38.1 Å². The Morgan fingerprint density at radius 1 is 1.19 bits per heavy atom. The van der Waals surface area contributed by atoms with Crippen LogP contribution < -0.4 is 5.32 Å². The lowest BCUT2D eigenvalue weighted by molar-refractivity contribution is -0.623. The van der Waals surface area contributed by atoms with Gasteiger partial charge in [0.15, 0.2) is 6.04 Å². The first-order valence-electron chi connectivity index (χ1n) is 7.94. The molecule has 0 aliphatic heterocycles. The molecule has 1 heterocycles. The van der Waals surface area contributed by atoms with Gasteiger partial charge in [-0.3, -0.25) is 15.1 Å². The van der Waals surface area contributed by atoms with Gasteiger partial charge in [0.2, 0.25) is 0 Å². The van der Waals surface area contributed by atoms with Crippen molar-refractivity contribution in [3.63, 3.8) is 0 Å². The van der Waals surface area contributed by atoms with Crippen LogP contribution in [-0.2, 0) is 10.5 Å². The molecule has 7 nitrogen and oxygen atoms in total. The highest BCUT2D eigenvalue weighted by Crippen LogP contribution is 2.39. The van der Waals surface area contributed by atoms with Gasteiger partial charge in [0.25, 0.3) is 0 Å². The molecule has 0 spiro atoms. The van der Waals surface area contributed by atoms with Crippen molar-refractivity contribution in [3.05, 3.63) is 76.1 Å². The van der Waals surface area contributed by atoms with E-state index >= 15 is 4.39 Å². The Hall–Kier alpha value is -3.03. The van der Waals surface area contributed by atoms with Crippen LogP contribution in [0.4, 0.5) is 9.18 Å². The molecule has 0 saturated heterocycles. The van der Waals surface area contributed by atoms with Crippen molar-refractivity contribution < 1.29 is 18.8 Å². The fourth-order valence-electron chi connectivity index (χ4n) is 2.39. The number of nitro groups is 1. The molecule has 0 bridgehead atoms. The monoisotopic (exact) mass is 361 g/mol. The molecule has 1 amide bonds. The summed E-state index contributed by atoms with van der Waals surface area (Å²) in [7, 11) is 0. The van der Waals surface area contributed by atoms with Crippen molar-refractivity contribution in [2.24, 2.45) is 0 Å². The SMILES string of the molecule is CC(C)(C)OC(=O)NC(c1ccccn1)C(F)(c1ccccc1)[N+](=O)[O-]. The van der Waals surface area contributed by atoms with E-state index in [1.54, 1.807) is 39.0 Å². The van der Waals surface area contributed by atoms with E-state index < -0.39 is 28.5 Å². The average Bonchev–Trinajstić information content (AvgIpc) is 2.59. The van der Waals surface area contributed by atoms with E-state index in [0.717, 1.165) is 0 Å². The van der Waals surface area contributed by atoms with E-state index in [1.807, 2.05) is 0 Å². The number of nitrogens with zero attached hydrogens (tertiary/aromatic N) is 2. The number of carbonyl (C=O) groups excluding carboxylic acids is 1. The van der Waals surface area contributed by atoms with Crippen LogP contribution in [-0.4, -0.2) is 21.6 Å². The number of hydrogen-bond acceptors (Lipinski definition) is 5. The minimum Gasteiger partial charge on any atom is -0.444 e. The molecule has 2 rings (SSSR count). The van der Waals surface area contributed by atoms with Gasteiger partial charge in [-0.2, -0.15) is 4.39 Å². The third kappa shape index (κ3) is 4.33. The number of hydrogen-bond donors (Lipinski definition) is 1. The summed E-state index contributed by atoms with van der Waals surface area (Å²) in [5.74, 6) is -3.13. The maximum atomic E-state index is 15.8. The summed E-state index contributed by atoms with van der Waals surface area (Å²) in [6, 6.07) is 10.0. The Kier molecular flexibility index (Phi) is 5.54. The van der Waals surface area contributed by atoms with Crippen molar-refractivity contribution >= 4 is 6.09 Å². The maximum absolute atomic E-state index is 15.8. The fraction of sp³-hybridized carbons (Fsp3) is 0.333. The second-order valence-corrected chi connectivity index (χ2v) is 6.63. The minimum atomic E-state index is -3.13. The van der Waals surface area contributed by atoms with E-state index in [4.69, 9.17) is 4.74 Å². The van der Waals surface area contributed by atoms with E-state index in [1.165, 1.54) is 36.5 Å². The van der Waals surface area contributed by atoms with Gasteiger partial charge in [-0.15, -0.1) is 0 Å². The van der Waals surface area contributed by atoms with Gasteiger partial charge < -0.3 is 10.1 Å². The average molecular weight is 361 g/mol. The quantitative estimate of drug-likeness (QED) is 0.497. The van der Waals surface area contributed by atoms with Gasteiger partial charge in [-0.25, -0.2) is 4.79 Å². The van der Waals surface area contributed by atoms with Crippen molar-refractivity contribution in [1.29, 1.82) is 0 Å². The van der Waals surface area contributed by atoms with Crippen molar-refractivity contribution in [1.82, 2.24) is 10.3 Å². The van der Waals surface area contributed by atoms with Crippen LogP contribution in [0.15, 0.2) is 54.7 Å². The summed E-state index contributed by atoms with van der Waals surface area (Å²) in [6.07, 6.45) is 0.387. The number of benzene rings is 1. The van der Waals surface area contributed by atoms with E-state index in [2.05, 4.69) is 10.3 Å². The second kappa shape index (κ2) is 7.47. The van der Waals surface area contributed by atoms with Gasteiger partial charge in [0.05, 0.1) is 16.2 Å². The molecule has 2 unspecified atom stereocenters. The van der Waals surface area contributed by atoms with Crippen LogP contribution in [0, 0.1) is 10.1 Å². The van der Waals surface area contributed by atoms with Crippen LogP contribution in [0.5, 0.6) is 0 Å². The van der Waals surface area contributed by atoms with Gasteiger partial charge in [0.1, 0.15) is 5.60 Å². The predicted octanol–water partition coefficient (Wildman–Crippen LogP) is 3.75. The molecule has 0 radical (unpaired) electrons.